The minimum atomic E-state index is -3.79. The predicted molar refractivity (Wildman–Crippen MR) is 80.6 cm³/mol. The Hall–Kier alpha value is -1.64. The third kappa shape index (κ3) is 3.72. The van der Waals surface area contributed by atoms with Crippen LogP contribution in [0.1, 0.15) is 29.0 Å². The van der Waals surface area contributed by atoms with Crippen LogP contribution in [-0.2, 0) is 10.0 Å². The Labute approximate surface area is 130 Å². The molecule has 0 bridgehead atoms. The number of aromatic amines is 1. The van der Waals surface area contributed by atoms with E-state index in [2.05, 4.69) is 25.6 Å². The molecule has 112 valence electrons. The first-order valence-electron chi connectivity index (χ1n) is 5.99. The number of carboxylic acids is 1. The van der Waals surface area contributed by atoms with Crippen molar-refractivity contribution in [1.29, 1.82) is 0 Å². The number of halogens is 1. The minimum absolute atomic E-state index is 0.108. The highest BCUT2D eigenvalue weighted by atomic mass is 79.9. The molecule has 1 aromatic heterocycles. The first-order chi connectivity index (χ1) is 9.79. The minimum Gasteiger partial charge on any atom is -0.477 e. The third-order valence-corrected chi connectivity index (χ3v) is 4.95. The van der Waals surface area contributed by atoms with Gasteiger partial charge in [-0.3, -0.25) is 0 Å². The summed E-state index contributed by atoms with van der Waals surface area (Å²) in [6.07, 6.45) is 1.15. The number of H-pyrrole nitrogens is 1. The molecular weight excluding hydrogens is 360 g/mol. The Morgan fingerprint density at radius 1 is 1.33 bits per heavy atom. The number of sulfonamides is 1. The van der Waals surface area contributed by atoms with Crippen molar-refractivity contribution in [2.45, 2.75) is 17.9 Å². The lowest BCUT2D eigenvalue weighted by Gasteiger charge is -2.14. The van der Waals surface area contributed by atoms with E-state index >= 15 is 0 Å². The van der Waals surface area contributed by atoms with Gasteiger partial charge >= 0.3 is 5.97 Å². The van der Waals surface area contributed by atoms with Crippen molar-refractivity contribution in [2.75, 3.05) is 0 Å². The van der Waals surface area contributed by atoms with Gasteiger partial charge in [0.15, 0.2) is 0 Å². The zero-order chi connectivity index (χ0) is 15.6. The summed E-state index contributed by atoms with van der Waals surface area (Å²) in [6, 6.07) is 7.89. The molecule has 2 rings (SSSR count). The summed E-state index contributed by atoms with van der Waals surface area (Å²) in [5.41, 5.74) is 0.627. The van der Waals surface area contributed by atoms with E-state index in [4.69, 9.17) is 5.11 Å². The molecule has 1 heterocycles. The van der Waals surface area contributed by atoms with Crippen molar-refractivity contribution < 1.29 is 18.3 Å². The fourth-order valence-electron chi connectivity index (χ4n) is 1.77. The van der Waals surface area contributed by atoms with Crippen molar-refractivity contribution in [2.24, 2.45) is 0 Å². The highest BCUT2D eigenvalue weighted by Crippen LogP contribution is 2.19. The lowest BCUT2D eigenvalue weighted by Crippen LogP contribution is -2.26. The van der Waals surface area contributed by atoms with Gasteiger partial charge in [0.2, 0.25) is 10.0 Å². The average Bonchev–Trinajstić information content (AvgIpc) is 2.89. The molecule has 0 radical (unpaired) electrons. The molecule has 21 heavy (non-hydrogen) atoms. The summed E-state index contributed by atoms with van der Waals surface area (Å²) in [4.78, 5) is 13.1. The molecule has 3 N–H and O–H groups in total. The van der Waals surface area contributed by atoms with Gasteiger partial charge in [0.05, 0.1) is 0 Å². The fourth-order valence-corrected chi connectivity index (χ4v) is 3.26. The summed E-state index contributed by atoms with van der Waals surface area (Å²) in [5.74, 6) is -1.21. The van der Waals surface area contributed by atoms with Crippen LogP contribution >= 0.6 is 15.9 Å². The number of hydrogen-bond acceptors (Lipinski definition) is 3. The van der Waals surface area contributed by atoms with Crippen LogP contribution in [-0.4, -0.2) is 24.5 Å². The second-order valence-electron chi connectivity index (χ2n) is 4.45. The second-order valence-corrected chi connectivity index (χ2v) is 7.08. The number of nitrogens with one attached hydrogen (secondary N) is 2. The van der Waals surface area contributed by atoms with E-state index < -0.39 is 22.0 Å². The van der Waals surface area contributed by atoms with E-state index in [-0.39, 0.29) is 10.6 Å². The standard InChI is InChI=1S/C13H13BrN2O4S/c1-8(9-2-4-10(14)5-3-9)16-21(19,20)11-6-12(13(17)18)15-7-11/h2-8,15-16H,1H3,(H,17,18)/t8-/m1/s1. The Morgan fingerprint density at radius 3 is 2.48 bits per heavy atom. The molecule has 0 saturated heterocycles. The largest absolute Gasteiger partial charge is 0.477 e. The molecule has 0 aliphatic carbocycles. The molecule has 0 spiro atoms. The number of carbonyl (C=O) groups is 1. The van der Waals surface area contributed by atoms with E-state index in [0.29, 0.717) is 0 Å². The van der Waals surface area contributed by atoms with Crippen LogP contribution in [0.2, 0.25) is 0 Å². The highest BCUT2D eigenvalue weighted by Gasteiger charge is 2.21. The Kier molecular flexibility index (Phi) is 4.50. The molecule has 8 heteroatoms. The van der Waals surface area contributed by atoms with Crippen LogP contribution in [0.4, 0.5) is 0 Å². The summed E-state index contributed by atoms with van der Waals surface area (Å²) >= 11 is 3.31. The summed E-state index contributed by atoms with van der Waals surface area (Å²) in [5, 5.41) is 8.80. The van der Waals surface area contributed by atoms with Gasteiger partial charge < -0.3 is 10.1 Å². The predicted octanol–water partition coefficient (Wildman–Crippen LogP) is 2.51. The van der Waals surface area contributed by atoms with E-state index in [9.17, 15) is 13.2 Å². The van der Waals surface area contributed by atoms with Crippen LogP contribution in [0.3, 0.4) is 0 Å². The molecule has 0 unspecified atom stereocenters. The highest BCUT2D eigenvalue weighted by molar-refractivity contribution is 9.10. The summed E-state index contributed by atoms with van der Waals surface area (Å²) in [7, 11) is -3.79. The summed E-state index contributed by atoms with van der Waals surface area (Å²) < 4.78 is 27.8. The molecule has 0 aliphatic rings. The Bertz CT molecular complexity index is 753. The smallest absolute Gasteiger partial charge is 0.352 e. The molecule has 0 aliphatic heterocycles. The van der Waals surface area contributed by atoms with Gasteiger partial charge in [0.1, 0.15) is 10.6 Å². The zero-order valence-electron chi connectivity index (χ0n) is 11.0. The number of hydrogen-bond donors (Lipinski definition) is 3. The van der Waals surface area contributed by atoms with Crippen molar-refractivity contribution in [3.63, 3.8) is 0 Å². The Balaban J connectivity index is 2.20. The van der Waals surface area contributed by atoms with Crippen molar-refractivity contribution in [3.8, 4) is 0 Å². The monoisotopic (exact) mass is 372 g/mol. The molecule has 0 fully saturated rings. The first-order valence-corrected chi connectivity index (χ1v) is 8.27. The van der Waals surface area contributed by atoms with Gasteiger partial charge in [-0.2, -0.15) is 0 Å². The van der Waals surface area contributed by atoms with Crippen molar-refractivity contribution >= 4 is 31.9 Å². The van der Waals surface area contributed by atoms with E-state index in [1.165, 1.54) is 0 Å². The third-order valence-electron chi connectivity index (χ3n) is 2.90. The van der Waals surface area contributed by atoms with Crippen molar-refractivity contribution in [1.82, 2.24) is 9.71 Å². The lowest BCUT2D eigenvalue weighted by molar-refractivity contribution is 0.0691. The average molecular weight is 373 g/mol. The van der Waals surface area contributed by atoms with Crippen molar-refractivity contribution in [3.05, 3.63) is 52.3 Å². The fraction of sp³-hybridized carbons (Fsp3) is 0.154. The summed E-state index contributed by atoms with van der Waals surface area (Å²) in [6.45, 7) is 1.71. The van der Waals surface area contributed by atoms with Gasteiger partial charge in [-0.05, 0) is 30.7 Å². The number of aromatic nitrogens is 1. The van der Waals surface area contributed by atoms with Crippen LogP contribution in [0.5, 0.6) is 0 Å². The van der Waals surface area contributed by atoms with Crippen LogP contribution < -0.4 is 4.72 Å². The molecular formula is C13H13BrN2O4S. The van der Waals surface area contributed by atoms with E-state index in [1.54, 1.807) is 19.1 Å². The van der Waals surface area contributed by atoms with E-state index in [1.807, 2.05) is 12.1 Å². The molecule has 1 atom stereocenters. The quantitative estimate of drug-likeness (QED) is 0.750. The molecule has 2 aromatic rings. The zero-order valence-corrected chi connectivity index (χ0v) is 13.4. The van der Waals surface area contributed by atoms with Crippen LogP contribution in [0.15, 0.2) is 45.9 Å². The molecule has 0 saturated carbocycles. The van der Waals surface area contributed by atoms with Gasteiger partial charge in [-0.25, -0.2) is 17.9 Å². The van der Waals surface area contributed by atoms with Gasteiger partial charge in [-0.1, -0.05) is 28.1 Å². The van der Waals surface area contributed by atoms with Gasteiger partial charge in [0.25, 0.3) is 0 Å². The van der Waals surface area contributed by atoms with E-state index in [0.717, 1.165) is 22.3 Å². The number of rotatable bonds is 5. The Morgan fingerprint density at radius 2 is 1.95 bits per heavy atom. The maximum absolute atomic E-state index is 12.2. The number of carboxylic acid groups (broad SMARTS) is 1. The lowest BCUT2D eigenvalue weighted by atomic mass is 10.1. The molecule has 0 amide bonds. The maximum Gasteiger partial charge on any atom is 0.352 e. The van der Waals surface area contributed by atoms with Crippen LogP contribution in [0, 0.1) is 0 Å². The van der Waals surface area contributed by atoms with Gasteiger partial charge in [-0.15, -0.1) is 0 Å². The first kappa shape index (κ1) is 15.7. The normalized spacial score (nSPS) is 13.0. The second kappa shape index (κ2) is 6.00. The maximum atomic E-state index is 12.2. The number of benzene rings is 1. The molecule has 1 aromatic carbocycles. The van der Waals surface area contributed by atoms with Gasteiger partial charge in [0, 0.05) is 16.7 Å². The van der Waals surface area contributed by atoms with Crippen LogP contribution in [0.25, 0.3) is 0 Å². The molecule has 6 nitrogen and oxygen atoms in total. The topological polar surface area (TPSA) is 99.3 Å². The number of aromatic carboxylic acids is 1. The SMILES string of the molecule is C[C@@H](NS(=O)(=O)c1c[nH]c(C(=O)O)c1)c1ccc(Br)cc1.